The summed E-state index contributed by atoms with van der Waals surface area (Å²) >= 11 is 0. The van der Waals surface area contributed by atoms with E-state index in [1.54, 1.807) is 19.3 Å². The summed E-state index contributed by atoms with van der Waals surface area (Å²) in [6, 6.07) is 10.3. The van der Waals surface area contributed by atoms with Crippen molar-refractivity contribution in [2.45, 2.75) is 0 Å². The Balaban J connectivity index is 1.85. The van der Waals surface area contributed by atoms with Crippen molar-refractivity contribution in [1.29, 1.82) is 0 Å². The molecule has 0 amide bonds. The van der Waals surface area contributed by atoms with Gasteiger partial charge in [0.05, 0.1) is 12.7 Å². The van der Waals surface area contributed by atoms with Gasteiger partial charge < -0.3 is 9.47 Å². The Hall–Kier alpha value is -3.28. The molecule has 1 heterocycles. The smallest absolute Gasteiger partial charge is 0.363 e. The highest BCUT2D eigenvalue weighted by atomic mass is 19.1. The molecule has 0 spiro atoms. The molecule has 0 radical (unpaired) electrons. The third kappa shape index (κ3) is 3.63. The number of allylic oxidation sites excluding steroid dienone is 2. The first-order valence-corrected chi connectivity index (χ1v) is 7.36. The molecule has 0 bridgehead atoms. The van der Waals surface area contributed by atoms with E-state index in [1.807, 2.05) is 24.3 Å². The number of hydrogen-bond donors (Lipinski definition) is 0. The van der Waals surface area contributed by atoms with Gasteiger partial charge in [-0.15, -0.1) is 0 Å². The fourth-order valence-corrected chi connectivity index (χ4v) is 2.25. The lowest BCUT2D eigenvalue weighted by Crippen LogP contribution is -2.07. The molecule has 126 valence electrons. The summed E-state index contributed by atoms with van der Waals surface area (Å²) in [6.07, 6.45) is 4.80. The van der Waals surface area contributed by atoms with Crippen molar-refractivity contribution in [2.24, 2.45) is 4.99 Å². The van der Waals surface area contributed by atoms with E-state index in [-0.39, 0.29) is 17.2 Å². The number of carbonyl (C=O) groups excluding carboxylic acids is 1. The van der Waals surface area contributed by atoms with Crippen molar-refractivity contribution < 1.29 is 23.0 Å². The minimum absolute atomic E-state index is 0.0184. The van der Waals surface area contributed by atoms with Crippen LogP contribution in [0.5, 0.6) is 5.75 Å². The SMILES string of the molecule is COc1ccccc1/C=C/C=C1/N=C(c2ccc(F)cc2F)OC1=O. The number of methoxy groups -OCH3 is 1. The zero-order valence-corrected chi connectivity index (χ0v) is 13.2. The monoisotopic (exact) mass is 341 g/mol. The molecule has 0 N–H and O–H groups in total. The average molecular weight is 341 g/mol. The highest BCUT2D eigenvalue weighted by Crippen LogP contribution is 2.21. The molecule has 0 aliphatic carbocycles. The first-order valence-electron chi connectivity index (χ1n) is 7.36. The van der Waals surface area contributed by atoms with Crippen LogP contribution < -0.4 is 4.74 Å². The Morgan fingerprint density at radius 3 is 2.72 bits per heavy atom. The number of halogens is 2. The summed E-state index contributed by atoms with van der Waals surface area (Å²) in [5.41, 5.74) is 0.763. The molecule has 1 aliphatic heterocycles. The van der Waals surface area contributed by atoms with Crippen molar-refractivity contribution in [3.05, 3.63) is 83.1 Å². The Labute approximate surface area is 142 Å². The molecule has 0 unspecified atom stereocenters. The maximum atomic E-state index is 13.8. The van der Waals surface area contributed by atoms with Gasteiger partial charge in [-0.05, 0) is 24.3 Å². The van der Waals surface area contributed by atoms with Gasteiger partial charge in [-0.2, -0.15) is 0 Å². The summed E-state index contributed by atoms with van der Waals surface area (Å²) in [5.74, 6) is -1.79. The molecular formula is C19H13F2NO3. The third-order valence-electron chi connectivity index (χ3n) is 3.45. The Kier molecular flexibility index (Phi) is 4.70. The van der Waals surface area contributed by atoms with E-state index >= 15 is 0 Å². The molecule has 3 rings (SSSR count). The maximum absolute atomic E-state index is 13.8. The van der Waals surface area contributed by atoms with Crippen LogP contribution in [0.3, 0.4) is 0 Å². The first-order chi connectivity index (χ1) is 12.1. The standard InChI is InChI=1S/C19H13F2NO3/c1-24-17-8-3-2-5-12(17)6-4-7-16-19(23)25-18(22-16)14-10-9-13(20)11-15(14)21/h2-11H,1H3/b6-4+,16-7+. The zero-order valence-electron chi connectivity index (χ0n) is 13.2. The minimum Gasteiger partial charge on any atom is -0.496 e. The summed E-state index contributed by atoms with van der Waals surface area (Å²) < 4.78 is 36.9. The number of carbonyl (C=O) groups is 1. The Morgan fingerprint density at radius 2 is 1.96 bits per heavy atom. The van der Waals surface area contributed by atoms with Crippen molar-refractivity contribution in [3.8, 4) is 5.75 Å². The van der Waals surface area contributed by atoms with Gasteiger partial charge in [0.2, 0.25) is 5.90 Å². The fourth-order valence-electron chi connectivity index (χ4n) is 2.25. The number of hydrogen-bond acceptors (Lipinski definition) is 4. The first kappa shape index (κ1) is 16.6. The van der Waals surface area contributed by atoms with Crippen LogP contribution in [0.15, 0.2) is 65.3 Å². The predicted molar refractivity (Wildman–Crippen MR) is 89.1 cm³/mol. The van der Waals surface area contributed by atoms with E-state index < -0.39 is 17.6 Å². The average Bonchev–Trinajstić information content (AvgIpc) is 2.96. The van der Waals surface area contributed by atoms with Gasteiger partial charge in [0.1, 0.15) is 17.4 Å². The second-order valence-corrected chi connectivity index (χ2v) is 5.08. The fraction of sp³-hybridized carbons (Fsp3) is 0.0526. The van der Waals surface area contributed by atoms with Gasteiger partial charge in [-0.1, -0.05) is 30.4 Å². The van der Waals surface area contributed by atoms with Crippen molar-refractivity contribution in [1.82, 2.24) is 0 Å². The molecule has 0 aromatic heterocycles. The van der Waals surface area contributed by atoms with Crippen molar-refractivity contribution >= 4 is 17.9 Å². The maximum Gasteiger partial charge on any atom is 0.363 e. The molecule has 25 heavy (non-hydrogen) atoms. The van der Waals surface area contributed by atoms with Crippen LogP contribution in [0.4, 0.5) is 8.78 Å². The van der Waals surface area contributed by atoms with E-state index in [9.17, 15) is 13.6 Å². The van der Waals surface area contributed by atoms with Crippen LogP contribution in [0.2, 0.25) is 0 Å². The third-order valence-corrected chi connectivity index (χ3v) is 3.45. The number of cyclic esters (lactones) is 1. The summed E-state index contributed by atoms with van der Waals surface area (Å²) in [5, 5.41) is 0. The Morgan fingerprint density at radius 1 is 1.16 bits per heavy atom. The lowest BCUT2D eigenvalue weighted by atomic mass is 10.2. The van der Waals surface area contributed by atoms with Crippen LogP contribution in [0, 0.1) is 11.6 Å². The number of esters is 1. The van der Waals surface area contributed by atoms with Gasteiger partial charge in [0, 0.05) is 11.6 Å². The van der Waals surface area contributed by atoms with E-state index in [0.29, 0.717) is 11.8 Å². The molecule has 0 fully saturated rings. The summed E-state index contributed by atoms with van der Waals surface area (Å²) in [4.78, 5) is 15.8. The molecule has 2 aromatic carbocycles. The topological polar surface area (TPSA) is 47.9 Å². The number of benzene rings is 2. The van der Waals surface area contributed by atoms with Gasteiger partial charge in [-0.25, -0.2) is 18.6 Å². The molecular weight excluding hydrogens is 328 g/mol. The normalized spacial score (nSPS) is 15.6. The lowest BCUT2D eigenvalue weighted by Gasteiger charge is -2.02. The molecule has 0 saturated heterocycles. The zero-order chi connectivity index (χ0) is 17.8. The number of rotatable bonds is 4. The quantitative estimate of drug-likeness (QED) is 0.626. The van der Waals surface area contributed by atoms with Crippen molar-refractivity contribution in [3.63, 3.8) is 0 Å². The number of para-hydroxylation sites is 1. The molecule has 2 aromatic rings. The van der Waals surface area contributed by atoms with Crippen LogP contribution in [-0.4, -0.2) is 19.0 Å². The number of nitrogens with zero attached hydrogens (tertiary/aromatic N) is 1. The highest BCUT2D eigenvalue weighted by Gasteiger charge is 2.25. The van der Waals surface area contributed by atoms with Crippen LogP contribution in [0.25, 0.3) is 6.08 Å². The second kappa shape index (κ2) is 7.09. The van der Waals surface area contributed by atoms with Crippen LogP contribution >= 0.6 is 0 Å². The molecule has 1 aliphatic rings. The molecule has 6 heteroatoms. The second-order valence-electron chi connectivity index (χ2n) is 5.08. The Bertz CT molecular complexity index is 917. The highest BCUT2D eigenvalue weighted by molar-refractivity contribution is 6.11. The molecule has 0 atom stereocenters. The van der Waals surface area contributed by atoms with E-state index in [2.05, 4.69) is 4.99 Å². The largest absolute Gasteiger partial charge is 0.496 e. The van der Waals surface area contributed by atoms with Gasteiger partial charge in [-0.3, -0.25) is 0 Å². The number of ether oxygens (including phenoxy) is 2. The van der Waals surface area contributed by atoms with Gasteiger partial charge in [0.15, 0.2) is 5.70 Å². The summed E-state index contributed by atoms with van der Waals surface area (Å²) in [7, 11) is 1.56. The van der Waals surface area contributed by atoms with E-state index in [1.165, 1.54) is 12.1 Å². The van der Waals surface area contributed by atoms with Crippen LogP contribution in [-0.2, 0) is 9.53 Å². The van der Waals surface area contributed by atoms with Crippen molar-refractivity contribution in [2.75, 3.05) is 7.11 Å². The van der Waals surface area contributed by atoms with E-state index in [0.717, 1.165) is 11.6 Å². The lowest BCUT2D eigenvalue weighted by molar-refractivity contribution is -0.130. The van der Waals surface area contributed by atoms with E-state index in [4.69, 9.17) is 9.47 Å². The number of aliphatic imine (C=N–C) groups is 1. The summed E-state index contributed by atoms with van der Waals surface area (Å²) in [6.45, 7) is 0. The van der Waals surface area contributed by atoms with Gasteiger partial charge >= 0.3 is 5.97 Å². The minimum atomic E-state index is -0.850. The molecule has 4 nitrogen and oxygen atoms in total. The van der Waals surface area contributed by atoms with Crippen LogP contribution in [0.1, 0.15) is 11.1 Å². The molecule has 0 saturated carbocycles. The predicted octanol–water partition coefficient (Wildman–Crippen LogP) is 3.87. The van der Waals surface area contributed by atoms with Gasteiger partial charge in [0.25, 0.3) is 0 Å².